The monoisotopic (exact) mass is 578 g/mol. The quantitative estimate of drug-likeness (QED) is 0.245. The summed E-state index contributed by atoms with van der Waals surface area (Å²) >= 11 is 5.38. The molecule has 0 radical (unpaired) electrons. The second-order valence-corrected chi connectivity index (χ2v) is 10.3. The number of non-ortho nitro benzene ring substituents is 1. The van der Waals surface area contributed by atoms with Gasteiger partial charge in [0.15, 0.2) is 5.11 Å². The Morgan fingerprint density at radius 2 is 1.66 bits per heavy atom. The molecule has 10 nitrogen and oxygen atoms in total. The number of hydrogen-bond donors (Lipinski definition) is 2. The van der Waals surface area contributed by atoms with Gasteiger partial charge in [-0.3, -0.25) is 25.1 Å². The van der Waals surface area contributed by atoms with E-state index in [4.69, 9.17) is 17.0 Å². The highest BCUT2D eigenvalue weighted by Gasteiger charge is 2.23. The average molecular weight is 579 g/mol. The first-order valence-electron chi connectivity index (χ1n) is 13.4. The summed E-state index contributed by atoms with van der Waals surface area (Å²) in [5.74, 6) is -0.702. The molecule has 0 aliphatic carbocycles. The summed E-state index contributed by atoms with van der Waals surface area (Å²) in [5.41, 5.74) is 3.07. The van der Waals surface area contributed by atoms with Gasteiger partial charge in [-0.15, -0.1) is 0 Å². The predicted molar refractivity (Wildman–Crippen MR) is 160 cm³/mol. The Labute approximate surface area is 242 Å². The lowest BCUT2D eigenvalue weighted by molar-refractivity contribution is -0.384. The molecule has 0 saturated carbocycles. The second kappa shape index (κ2) is 13.0. The normalized spacial score (nSPS) is 15.8. The minimum Gasteiger partial charge on any atom is -0.378 e. The van der Waals surface area contributed by atoms with E-state index in [0.29, 0.717) is 49.8 Å². The SMILES string of the molecule is O=C(NC(=S)Nc1ccc(N2CCN(Cc3ccccc3F)CC2)cc1)c1cc([N+](=O)[O-])ccc1N1CCOCC1. The van der Waals surface area contributed by atoms with Gasteiger partial charge in [0, 0.05) is 74.9 Å². The van der Waals surface area contributed by atoms with Crippen molar-refractivity contribution in [1.82, 2.24) is 10.2 Å². The molecule has 0 unspecified atom stereocenters. The molecule has 2 aliphatic heterocycles. The molecule has 41 heavy (non-hydrogen) atoms. The van der Waals surface area contributed by atoms with E-state index in [9.17, 15) is 19.3 Å². The first kappa shape index (κ1) is 28.4. The average Bonchev–Trinajstić information content (AvgIpc) is 2.99. The van der Waals surface area contributed by atoms with E-state index in [1.165, 1.54) is 18.2 Å². The number of rotatable bonds is 7. The zero-order valence-corrected chi connectivity index (χ0v) is 23.2. The van der Waals surface area contributed by atoms with Gasteiger partial charge >= 0.3 is 0 Å². The maximum atomic E-state index is 14.0. The summed E-state index contributed by atoms with van der Waals surface area (Å²) in [7, 11) is 0. The number of carbonyl (C=O) groups is 1. The van der Waals surface area contributed by atoms with Crippen LogP contribution < -0.4 is 20.4 Å². The molecular formula is C29H31FN6O4S. The van der Waals surface area contributed by atoms with E-state index >= 15 is 0 Å². The molecule has 2 N–H and O–H groups in total. The molecule has 5 rings (SSSR count). The number of carbonyl (C=O) groups excluding carboxylic acids is 1. The molecule has 214 valence electrons. The van der Waals surface area contributed by atoms with Crippen molar-refractivity contribution in [3.63, 3.8) is 0 Å². The third kappa shape index (κ3) is 7.15. The first-order chi connectivity index (χ1) is 19.9. The van der Waals surface area contributed by atoms with Gasteiger partial charge in [-0.2, -0.15) is 0 Å². The lowest BCUT2D eigenvalue weighted by Gasteiger charge is -2.36. The number of hydrogen-bond acceptors (Lipinski definition) is 8. The Kier molecular flexibility index (Phi) is 9.02. The van der Waals surface area contributed by atoms with Gasteiger partial charge in [-0.05, 0) is 48.6 Å². The molecule has 2 fully saturated rings. The fraction of sp³-hybridized carbons (Fsp3) is 0.310. The van der Waals surface area contributed by atoms with Crippen molar-refractivity contribution in [2.45, 2.75) is 6.54 Å². The van der Waals surface area contributed by atoms with Crippen molar-refractivity contribution in [3.05, 3.63) is 93.8 Å². The summed E-state index contributed by atoms with van der Waals surface area (Å²) < 4.78 is 19.4. The summed E-state index contributed by atoms with van der Waals surface area (Å²) in [5, 5.41) is 17.1. The van der Waals surface area contributed by atoms with Crippen LogP contribution in [0, 0.1) is 15.9 Å². The molecule has 1 amide bonds. The Morgan fingerprint density at radius 3 is 2.34 bits per heavy atom. The maximum Gasteiger partial charge on any atom is 0.270 e. The third-order valence-electron chi connectivity index (χ3n) is 7.23. The Hall–Kier alpha value is -4.13. The number of piperazine rings is 1. The van der Waals surface area contributed by atoms with Crippen LogP contribution in [0.4, 0.5) is 27.1 Å². The second-order valence-electron chi connectivity index (χ2n) is 9.87. The van der Waals surface area contributed by atoms with E-state index in [2.05, 4.69) is 20.4 Å². The summed E-state index contributed by atoms with van der Waals surface area (Å²) in [6.45, 7) is 6.07. The molecule has 12 heteroatoms. The van der Waals surface area contributed by atoms with Crippen LogP contribution in [0.15, 0.2) is 66.7 Å². The predicted octanol–water partition coefficient (Wildman–Crippen LogP) is 4.02. The van der Waals surface area contributed by atoms with Gasteiger partial charge in [0.1, 0.15) is 5.82 Å². The van der Waals surface area contributed by atoms with Crippen molar-refractivity contribution in [2.24, 2.45) is 0 Å². The highest BCUT2D eigenvalue weighted by atomic mass is 32.1. The largest absolute Gasteiger partial charge is 0.378 e. The molecule has 3 aromatic rings. The van der Waals surface area contributed by atoms with E-state index in [1.54, 1.807) is 12.1 Å². The van der Waals surface area contributed by atoms with Crippen LogP contribution in [0.3, 0.4) is 0 Å². The fourth-order valence-electron chi connectivity index (χ4n) is 5.02. The van der Waals surface area contributed by atoms with Crippen molar-refractivity contribution >= 4 is 46.0 Å². The zero-order valence-electron chi connectivity index (χ0n) is 22.4. The van der Waals surface area contributed by atoms with Crippen LogP contribution in [0.25, 0.3) is 0 Å². The molecule has 2 aliphatic rings. The molecular weight excluding hydrogens is 547 g/mol. The number of benzene rings is 3. The highest BCUT2D eigenvalue weighted by Crippen LogP contribution is 2.27. The van der Waals surface area contributed by atoms with Crippen molar-refractivity contribution in [2.75, 3.05) is 67.6 Å². The number of nitrogens with one attached hydrogen (secondary N) is 2. The number of halogens is 1. The van der Waals surface area contributed by atoms with Gasteiger partial charge < -0.3 is 19.9 Å². The van der Waals surface area contributed by atoms with Gasteiger partial charge in [0.05, 0.1) is 29.4 Å². The van der Waals surface area contributed by atoms with Crippen LogP contribution in [0.1, 0.15) is 15.9 Å². The van der Waals surface area contributed by atoms with Crippen molar-refractivity contribution in [3.8, 4) is 0 Å². The first-order valence-corrected chi connectivity index (χ1v) is 13.8. The number of nitrogens with zero attached hydrogens (tertiary/aromatic N) is 4. The number of morpholine rings is 1. The molecule has 2 heterocycles. The van der Waals surface area contributed by atoms with E-state index in [-0.39, 0.29) is 22.2 Å². The lowest BCUT2D eigenvalue weighted by Crippen LogP contribution is -2.46. The third-order valence-corrected chi connectivity index (χ3v) is 7.43. The van der Waals surface area contributed by atoms with Crippen LogP contribution >= 0.6 is 12.2 Å². The topological polar surface area (TPSA) is 103 Å². The Morgan fingerprint density at radius 1 is 0.951 bits per heavy atom. The highest BCUT2D eigenvalue weighted by molar-refractivity contribution is 7.80. The van der Waals surface area contributed by atoms with Gasteiger partial charge in [0.2, 0.25) is 0 Å². The zero-order chi connectivity index (χ0) is 28.8. The maximum absolute atomic E-state index is 14.0. The minimum atomic E-state index is -0.530. The standard InChI is InChI=1S/C29H31FN6O4S/c30-26-4-2-1-3-21(26)20-33-11-13-34(14-12-33)23-7-5-22(6-8-23)31-29(41)32-28(37)25-19-24(36(38)39)9-10-27(25)35-15-17-40-18-16-35/h1-10,19H,11-18,20H2,(H2,31,32,37,41). The number of nitro benzene ring substituents is 1. The van der Waals surface area contributed by atoms with Crippen LogP contribution in [0.2, 0.25) is 0 Å². The van der Waals surface area contributed by atoms with Crippen molar-refractivity contribution in [1.29, 1.82) is 0 Å². The number of amides is 1. The summed E-state index contributed by atoms with van der Waals surface area (Å²) in [6.07, 6.45) is 0. The Bertz CT molecular complexity index is 1410. The van der Waals surface area contributed by atoms with Crippen molar-refractivity contribution < 1.29 is 18.8 Å². The Balaban J connectivity index is 1.16. The molecule has 3 aromatic carbocycles. The molecule has 2 saturated heterocycles. The summed E-state index contributed by atoms with van der Waals surface area (Å²) in [4.78, 5) is 30.5. The van der Waals surface area contributed by atoms with Crippen LogP contribution in [-0.4, -0.2) is 73.3 Å². The van der Waals surface area contributed by atoms with Crippen LogP contribution in [-0.2, 0) is 11.3 Å². The van der Waals surface area contributed by atoms with Gasteiger partial charge in [-0.1, -0.05) is 18.2 Å². The lowest BCUT2D eigenvalue weighted by atomic mass is 10.1. The summed E-state index contributed by atoms with van der Waals surface area (Å²) in [6, 6.07) is 18.9. The number of thiocarbonyl (C=S) groups is 1. The number of nitro groups is 1. The van der Waals surface area contributed by atoms with E-state index < -0.39 is 10.8 Å². The van der Waals surface area contributed by atoms with Crippen LogP contribution in [0.5, 0.6) is 0 Å². The number of anilines is 3. The van der Waals surface area contributed by atoms with E-state index in [0.717, 1.165) is 31.9 Å². The molecule has 0 bridgehead atoms. The molecule has 0 spiro atoms. The van der Waals surface area contributed by atoms with Gasteiger partial charge in [0.25, 0.3) is 11.6 Å². The minimum absolute atomic E-state index is 0.0870. The van der Waals surface area contributed by atoms with E-state index in [1.807, 2.05) is 41.3 Å². The van der Waals surface area contributed by atoms with Gasteiger partial charge in [-0.25, -0.2) is 4.39 Å². The number of ether oxygens (including phenoxy) is 1. The molecule has 0 aromatic heterocycles. The fourth-order valence-corrected chi connectivity index (χ4v) is 5.23. The smallest absolute Gasteiger partial charge is 0.270 e. The molecule has 0 atom stereocenters.